The van der Waals surface area contributed by atoms with Gasteiger partial charge in [0.25, 0.3) is 11.7 Å². The van der Waals surface area contributed by atoms with E-state index in [0.717, 1.165) is 17.0 Å². The van der Waals surface area contributed by atoms with Crippen molar-refractivity contribution in [3.05, 3.63) is 28.5 Å². The third kappa shape index (κ3) is 2.04. The zero-order valence-corrected chi connectivity index (χ0v) is 11.1. The molecule has 1 aliphatic rings. The van der Waals surface area contributed by atoms with Gasteiger partial charge < -0.3 is 0 Å². The molecular formula is C13H11ClFNO3. The first-order valence-electron chi connectivity index (χ1n) is 5.78. The van der Waals surface area contributed by atoms with E-state index in [2.05, 4.69) is 0 Å². The topological polar surface area (TPSA) is 54.5 Å². The second-order valence-corrected chi connectivity index (χ2v) is 4.69. The van der Waals surface area contributed by atoms with Gasteiger partial charge in [-0.25, -0.2) is 4.39 Å². The molecule has 1 amide bonds. The van der Waals surface area contributed by atoms with E-state index in [1.54, 1.807) is 6.92 Å². The van der Waals surface area contributed by atoms with Crippen molar-refractivity contribution in [2.45, 2.75) is 26.3 Å². The van der Waals surface area contributed by atoms with Gasteiger partial charge in [0.05, 0.1) is 22.3 Å². The normalized spacial score (nSPS) is 15.7. The Morgan fingerprint density at radius 3 is 2.63 bits per heavy atom. The van der Waals surface area contributed by atoms with Crippen molar-refractivity contribution in [3.8, 4) is 0 Å². The van der Waals surface area contributed by atoms with Gasteiger partial charge in [0.1, 0.15) is 5.82 Å². The summed E-state index contributed by atoms with van der Waals surface area (Å²) in [5, 5.41) is -0.226. The second kappa shape index (κ2) is 4.74. The molecule has 0 fully saturated rings. The molecule has 19 heavy (non-hydrogen) atoms. The zero-order chi connectivity index (χ0) is 14.3. The van der Waals surface area contributed by atoms with Crippen molar-refractivity contribution in [1.82, 2.24) is 0 Å². The molecule has 0 aromatic heterocycles. The average molecular weight is 284 g/mol. The van der Waals surface area contributed by atoms with Gasteiger partial charge >= 0.3 is 0 Å². The molecule has 2 rings (SSSR count). The number of nitrogens with zero attached hydrogens (tertiary/aromatic N) is 1. The molecule has 0 saturated carbocycles. The molecule has 1 aromatic carbocycles. The Morgan fingerprint density at radius 1 is 1.42 bits per heavy atom. The second-order valence-electron chi connectivity index (χ2n) is 4.28. The summed E-state index contributed by atoms with van der Waals surface area (Å²) in [6.07, 6.45) is 0.227. The highest BCUT2D eigenvalue weighted by atomic mass is 35.5. The van der Waals surface area contributed by atoms with Crippen LogP contribution in [0, 0.1) is 5.82 Å². The smallest absolute Gasteiger partial charge is 0.297 e. The van der Waals surface area contributed by atoms with Gasteiger partial charge in [0.2, 0.25) is 0 Å². The Bertz CT molecular complexity index is 600. The summed E-state index contributed by atoms with van der Waals surface area (Å²) >= 11 is 5.60. The maximum absolute atomic E-state index is 13.5. The molecule has 0 saturated heterocycles. The lowest BCUT2D eigenvalue weighted by Gasteiger charge is -2.23. The van der Waals surface area contributed by atoms with Crippen LogP contribution in [0.2, 0.25) is 5.02 Å². The third-order valence-corrected chi connectivity index (χ3v) is 3.45. The number of hydrogen-bond acceptors (Lipinski definition) is 3. The lowest BCUT2D eigenvalue weighted by Crippen LogP contribution is -2.42. The van der Waals surface area contributed by atoms with Gasteiger partial charge in [0, 0.05) is 6.42 Å². The number of Topliss-reactive ketones (excluding diaryl/α,β-unsaturated/α-hetero) is 2. The highest BCUT2D eigenvalue weighted by molar-refractivity contribution is 6.53. The molecule has 6 heteroatoms. The minimum atomic E-state index is -0.828. The van der Waals surface area contributed by atoms with Gasteiger partial charge in [-0.3, -0.25) is 19.3 Å². The average Bonchev–Trinajstić information content (AvgIpc) is 2.61. The fourth-order valence-electron chi connectivity index (χ4n) is 2.08. The van der Waals surface area contributed by atoms with Crippen LogP contribution in [0.5, 0.6) is 0 Å². The summed E-state index contributed by atoms with van der Waals surface area (Å²) in [5.74, 6) is -2.54. The zero-order valence-electron chi connectivity index (χ0n) is 10.4. The monoisotopic (exact) mass is 283 g/mol. The Hall–Kier alpha value is -1.75. The first-order valence-corrected chi connectivity index (χ1v) is 6.16. The number of rotatable bonds is 3. The first-order chi connectivity index (χ1) is 8.88. The number of benzene rings is 1. The van der Waals surface area contributed by atoms with Crippen molar-refractivity contribution in [2.24, 2.45) is 0 Å². The van der Waals surface area contributed by atoms with E-state index in [0.29, 0.717) is 0 Å². The fourth-order valence-corrected chi connectivity index (χ4v) is 2.24. The van der Waals surface area contributed by atoms with Crippen LogP contribution < -0.4 is 4.90 Å². The molecular weight excluding hydrogens is 273 g/mol. The third-order valence-electron chi connectivity index (χ3n) is 3.16. The first kappa shape index (κ1) is 13.7. The van der Waals surface area contributed by atoms with Crippen LogP contribution in [0.1, 0.15) is 30.6 Å². The van der Waals surface area contributed by atoms with Crippen LogP contribution in [0.25, 0.3) is 0 Å². The Morgan fingerprint density at radius 2 is 2.05 bits per heavy atom. The fraction of sp³-hybridized carbons (Fsp3) is 0.308. The van der Waals surface area contributed by atoms with Crippen molar-refractivity contribution < 1.29 is 18.8 Å². The Kier molecular flexibility index (Phi) is 3.41. The van der Waals surface area contributed by atoms with Gasteiger partial charge in [0.15, 0.2) is 5.78 Å². The van der Waals surface area contributed by atoms with Gasteiger partial charge in [-0.2, -0.15) is 0 Å². The van der Waals surface area contributed by atoms with Crippen molar-refractivity contribution in [1.29, 1.82) is 0 Å². The molecule has 4 nitrogen and oxygen atoms in total. The maximum atomic E-state index is 13.5. The molecule has 1 aromatic rings. The van der Waals surface area contributed by atoms with Crippen LogP contribution in [0.3, 0.4) is 0 Å². The summed E-state index contributed by atoms with van der Waals surface area (Å²) in [7, 11) is 0. The SMILES string of the molecule is CCC(=O)C(C)N1C(=O)C(=O)c2cc(Cl)c(F)cc21. The lowest BCUT2D eigenvalue weighted by atomic mass is 10.1. The number of fused-ring (bicyclic) bond motifs is 1. The summed E-state index contributed by atoms with van der Waals surface area (Å²) in [4.78, 5) is 36.4. The van der Waals surface area contributed by atoms with E-state index in [1.807, 2.05) is 0 Å². The number of carbonyl (C=O) groups excluding carboxylic acids is 3. The number of halogens is 2. The van der Waals surface area contributed by atoms with Crippen LogP contribution >= 0.6 is 11.6 Å². The van der Waals surface area contributed by atoms with Gasteiger partial charge in [-0.05, 0) is 19.1 Å². The van der Waals surface area contributed by atoms with Gasteiger partial charge in [-0.15, -0.1) is 0 Å². The van der Waals surface area contributed by atoms with Gasteiger partial charge in [-0.1, -0.05) is 18.5 Å². The highest BCUT2D eigenvalue weighted by Crippen LogP contribution is 2.34. The predicted octanol–water partition coefficient (Wildman–Crippen LogP) is 2.38. The van der Waals surface area contributed by atoms with Crippen molar-refractivity contribution >= 4 is 34.8 Å². The van der Waals surface area contributed by atoms with E-state index in [4.69, 9.17) is 11.6 Å². The minimum Gasteiger partial charge on any atom is -0.297 e. The molecule has 0 radical (unpaired) electrons. The number of hydrogen-bond donors (Lipinski definition) is 0. The quantitative estimate of drug-likeness (QED) is 0.800. The molecule has 1 aliphatic heterocycles. The Labute approximate surface area is 114 Å². The number of amides is 1. The van der Waals surface area contributed by atoms with Crippen LogP contribution in [0.15, 0.2) is 12.1 Å². The number of ketones is 2. The van der Waals surface area contributed by atoms with E-state index in [1.165, 1.54) is 6.92 Å². The molecule has 0 spiro atoms. The van der Waals surface area contributed by atoms with Crippen LogP contribution in [-0.2, 0) is 9.59 Å². The minimum absolute atomic E-state index is 0.0344. The van der Waals surface area contributed by atoms with Crippen molar-refractivity contribution in [2.75, 3.05) is 4.90 Å². The molecule has 0 bridgehead atoms. The molecule has 0 N–H and O–H groups in total. The highest BCUT2D eigenvalue weighted by Gasteiger charge is 2.40. The van der Waals surface area contributed by atoms with Crippen molar-refractivity contribution in [3.63, 3.8) is 0 Å². The summed E-state index contributed by atoms with van der Waals surface area (Å²) in [6, 6.07) is 1.33. The van der Waals surface area contributed by atoms with Crippen LogP contribution in [-0.4, -0.2) is 23.5 Å². The van der Waals surface area contributed by atoms with Crippen LogP contribution in [0.4, 0.5) is 10.1 Å². The van der Waals surface area contributed by atoms with E-state index in [9.17, 15) is 18.8 Å². The lowest BCUT2D eigenvalue weighted by molar-refractivity contribution is -0.122. The molecule has 100 valence electrons. The maximum Gasteiger partial charge on any atom is 0.300 e. The summed E-state index contributed by atoms with van der Waals surface area (Å²) in [5.41, 5.74) is 0.137. The number of carbonyl (C=O) groups is 3. The Balaban J connectivity index is 2.56. The molecule has 1 atom stereocenters. The standard InChI is InChI=1S/C13H11ClFNO3/c1-3-11(17)6(2)16-10-5-9(15)8(14)4-7(10)12(18)13(16)19/h4-6H,3H2,1-2H3. The molecule has 1 heterocycles. The molecule has 1 unspecified atom stereocenters. The number of anilines is 1. The predicted molar refractivity (Wildman–Crippen MR) is 68.0 cm³/mol. The van der Waals surface area contributed by atoms with E-state index >= 15 is 0 Å². The molecule has 0 aliphatic carbocycles. The summed E-state index contributed by atoms with van der Waals surface area (Å²) < 4.78 is 13.5. The van der Waals surface area contributed by atoms with E-state index < -0.39 is 23.5 Å². The van der Waals surface area contributed by atoms with E-state index in [-0.39, 0.29) is 28.5 Å². The largest absolute Gasteiger partial charge is 0.300 e. The summed E-state index contributed by atoms with van der Waals surface area (Å²) in [6.45, 7) is 3.17.